The van der Waals surface area contributed by atoms with Crippen LogP contribution in [0.25, 0.3) is 0 Å². The second kappa shape index (κ2) is 5.86. The summed E-state index contributed by atoms with van der Waals surface area (Å²) >= 11 is 1.34. The number of para-hydroxylation sites is 1. The van der Waals surface area contributed by atoms with Gasteiger partial charge in [0, 0.05) is 11.0 Å². The van der Waals surface area contributed by atoms with Crippen LogP contribution < -0.4 is 0 Å². The third-order valence-electron chi connectivity index (χ3n) is 2.65. The fraction of sp³-hybridized carbons (Fsp3) is 0.143. The minimum atomic E-state index is -0.509. The molecule has 0 radical (unpaired) electrons. The summed E-state index contributed by atoms with van der Waals surface area (Å²) in [5.41, 5.74) is 0.930. The monoisotopic (exact) mass is 275 g/mol. The first-order valence-electron chi connectivity index (χ1n) is 5.77. The molecule has 0 amide bonds. The molecule has 5 heteroatoms. The molecule has 0 aliphatic rings. The van der Waals surface area contributed by atoms with Crippen LogP contribution >= 0.6 is 11.8 Å². The van der Waals surface area contributed by atoms with Gasteiger partial charge in [-0.15, -0.1) is 0 Å². The normalized spacial score (nSPS) is 12.1. The lowest BCUT2D eigenvalue weighted by atomic mass is 10.1. The summed E-state index contributed by atoms with van der Waals surface area (Å²) in [7, 11) is 0. The topological polar surface area (TPSA) is 63.4 Å². The van der Waals surface area contributed by atoms with Crippen LogP contribution in [0.2, 0.25) is 0 Å². The van der Waals surface area contributed by atoms with Crippen molar-refractivity contribution in [1.82, 2.24) is 0 Å². The molecule has 2 rings (SSSR count). The van der Waals surface area contributed by atoms with E-state index in [9.17, 15) is 15.2 Å². The van der Waals surface area contributed by atoms with E-state index in [1.807, 2.05) is 24.3 Å². The van der Waals surface area contributed by atoms with Crippen molar-refractivity contribution in [1.29, 1.82) is 0 Å². The average Bonchev–Trinajstić information content (AvgIpc) is 2.39. The number of hydrogen-bond acceptors (Lipinski definition) is 4. The Morgan fingerprint density at radius 3 is 2.37 bits per heavy atom. The highest BCUT2D eigenvalue weighted by atomic mass is 32.2. The molecule has 1 N–H and O–H groups in total. The Hall–Kier alpha value is -1.85. The van der Waals surface area contributed by atoms with Crippen molar-refractivity contribution in [2.75, 3.05) is 0 Å². The number of nitro benzene ring substituents is 1. The second-order valence-electron chi connectivity index (χ2n) is 4.07. The van der Waals surface area contributed by atoms with E-state index in [1.54, 1.807) is 25.1 Å². The van der Waals surface area contributed by atoms with Crippen molar-refractivity contribution in [3.63, 3.8) is 0 Å². The molecule has 4 nitrogen and oxygen atoms in total. The highest BCUT2D eigenvalue weighted by molar-refractivity contribution is 7.99. The van der Waals surface area contributed by atoms with Gasteiger partial charge in [-0.3, -0.25) is 10.1 Å². The number of aliphatic hydroxyl groups excluding tert-OH is 1. The Morgan fingerprint density at radius 2 is 1.79 bits per heavy atom. The molecule has 0 aliphatic carbocycles. The molecule has 0 fully saturated rings. The fourth-order valence-electron chi connectivity index (χ4n) is 1.64. The minimum absolute atomic E-state index is 0.104. The summed E-state index contributed by atoms with van der Waals surface area (Å²) in [6.07, 6.45) is -0.509. The Morgan fingerprint density at radius 1 is 1.16 bits per heavy atom. The molecule has 0 bridgehead atoms. The lowest BCUT2D eigenvalue weighted by Crippen LogP contribution is -1.91. The third-order valence-corrected chi connectivity index (χ3v) is 3.73. The van der Waals surface area contributed by atoms with Crippen LogP contribution in [0, 0.1) is 10.1 Å². The lowest BCUT2D eigenvalue weighted by Gasteiger charge is -2.06. The zero-order valence-electron chi connectivity index (χ0n) is 10.3. The Balaban J connectivity index is 2.24. The van der Waals surface area contributed by atoms with Gasteiger partial charge in [0.25, 0.3) is 5.69 Å². The van der Waals surface area contributed by atoms with Gasteiger partial charge >= 0.3 is 0 Å². The number of nitrogens with zero attached hydrogens (tertiary/aromatic N) is 1. The van der Waals surface area contributed by atoms with Crippen molar-refractivity contribution in [3.8, 4) is 0 Å². The molecule has 98 valence electrons. The molecular weight excluding hydrogens is 262 g/mol. The van der Waals surface area contributed by atoms with Gasteiger partial charge in [0.2, 0.25) is 0 Å². The van der Waals surface area contributed by atoms with E-state index >= 15 is 0 Å². The number of hydrogen-bond donors (Lipinski definition) is 1. The summed E-state index contributed by atoms with van der Waals surface area (Å²) in [4.78, 5) is 12.0. The summed E-state index contributed by atoms with van der Waals surface area (Å²) in [5, 5.41) is 20.3. The molecule has 0 aliphatic heterocycles. The second-order valence-corrected chi connectivity index (χ2v) is 5.19. The number of benzene rings is 2. The highest BCUT2D eigenvalue weighted by Gasteiger charge is 2.13. The number of nitro groups is 1. The predicted octanol–water partition coefficient (Wildman–Crippen LogP) is 3.80. The van der Waals surface area contributed by atoms with Crippen molar-refractivity contribution >= 4 is 17.4 Å². The fourth-order valence-corrected chi connectivity index (χ4v) is 2.56. The van der Waals surface area contributed by atoms with E-state index in [0.29, 0.717) is 4.90 Å². The molecule has 0 aromatic heterocycles. The Labute approximate surface area is 115 Å². The van der Waals surface area contributed by atoms with Gasteiger partial charge in [-0.1, -0.05) is 36.0 Å². The molecule has 19 heavy (non-hydrogen) atoms. The van der Waals surface area contributed by atoms with Crippen LogP contribution in [0.4, 0.5) is 5.69 Å². The molecule has 0 unspecified atom stereocenters. The predicted molar refractivity (Wildman–Crippen MR) is 74.3 cm³/mol. The van der Waals surface area contributed by atoms with E-state index in [-0.39, 0.29) is 10.6 Å². The van der Waals surface area contributed by atoms with Crippen LogP contribution in [-0.4, -0.2) is 10.0 Å². The zero-order chi connectivity index (χ0) is 13.8. The number of rotatable bonds is 4. The first-order chi connectivity index (χ1) is 9.08. The summed E-state index contributed by atoms with van der Waals surface area (Å²) in [6, 6.07) is 14.0. The average molecular weight is 275 g/mol. The molecule has 0 saturated carbocycles. The minimum Gasteiger partial charge on any atom is -0.389 e. The van der Waals surface area contributed by atoms with Gasteiger partial charge in [0.15, 0.2) is 0 Å². The number of aliphatic hydroxyl groups is 1. The van der Waals surface area contributed by atoms with E-state index in [4.69, 9.17) is 0 Å². The SMILES string of the molecule is C[C@H](O)c1ccc(Sc2ccccc2[N+](=O)[O-])cc1. The molecule has 2 aromatic rings. The van der Waals surface area contributed by atoms with Crippen LogP contribution in [0.1, 0.15) is 18.6 Å². The van der Waals surface area contributed by atoms with Gasteiger partial charge in [-0.2, -0.15) is 0 Å². The summed E-state index contributed by atoms with van der Waals surface area (Å²) in [6.45, 7) is 1.70. The Kier molecular flexibility index (Phi) is 4.19. The zero-order valence-corrected chi connectivity index (χ0v) is 11.1. The Bertz CT molecular complexity index is 581. The van der Waals surface area contributed by atoms with Crippen molar-refractivity contribution in [3.05, 3.63) is 64.2 Å². The van der Waals surface area contributed by atoms with Crippen LogP contribution in [-0.2, 0) is 0 Å². The van der Waals surface area contributed by atoms with Gasteiger partial charge in [0.05, 0.1) is 15.9 Å². The molecule has 0 spiro atoms. The molecule has 2 aromatic carbocycles. The summed E-state index contributed by atoms with van der Waals surface area (Å²) < 4.78 is 0. The van der Waals surface area contributed by atoms with Gasteiger partial charge < -0.3 is 5.11 Å². The lowest BCUT2D eigenvalue weighted by molar-refractivity contribution is -0.387. The molecular formula is C14H13NO3S. The van der Waals surface area contributed by atoms with Gasteiger partial charge in [-0.25, -0.2) is 0 Å². The summed E-state index contributed by atoms with van der Waals surface area (Å²) in [5.74, 6) is 0. The quantitative estimate of drug-likeness (QED) is 0.681. The molecule has 0 saturated heterocycles. The standard InChI is InChI=1S/C14H13NO3S/c1-10(16)11-6-8-12(9-7-11)19-14-5-3-2-4-13(14)15(17)18/h2-10,16H,1H3/t10-/m0/s1. The largest absolute Gasteiger partial charge is 0.389 e. The van der Waals surface area contributed by atoms with Crippen LogP contribution in [0.3, 0.4) is 0 Å². The smallest absolute Gasteiger partial charge is 0.283 e. The third kappa shape index (κ3) is 3.33. The van der Waals surface area contributed by atoms with E-state index in [2.05, 4.69) is 0 Å². The van der Waals surface area contributed by atoms with Crippen molar-refractivity contribution < 1.29 is 10.0 Å². The van der Waals surface area contributed by atoms with E-state index < -0.39 is 6.10 Å². The van der Waals surface area contributed by atoms with Crippen molar-refractivity contribution in [2.24, 2.45) is 0 Å². The first kappa shape index (κ1) is 13.6. The first-order valence-corrected chi connectivity index (χ1v) is 6.59. The van der Waals surface area contributed by atoms with Gasteiger partial charge in [-0.05, 0) is 30.7 Å². The van der Waals surface area contributed by atoms with E-state index in [0.717, 1.165) is 10.5 Å². The molecule has 1 atom stereocenters. The maximum atomic E-state index is 10.9. The highest BCUT2D eigenvalue weighted by Crippen LogP contribution is 2.34. The molecule has 0 heterocycles. The van der Waals surface area contributed by atoms with E-state index in [1.165, 1.54) is 17.8 Å². The van der Waals surface area contributed by atoms with Crippen LogP contribution in [0.5, 0.6) is 0 Å². The van der Waals surface area contributed by atoms with Crippen molar-refractivity contribution in [2.45, 2.75) is 22.8 Å². The maximum absolute atomic E-state index is 10.9. The maximum Gasteiger partial charge on any atom is 0.283 e. The van der Waals surface area contributed by atoms with Gasteiger partial charge in [0.1, 0.15) is 0 Å². The van der Waals surface area contributed by atoms with Crippen LogP contribution in [0.15, 0.2) is 58.3 Å².